The van der Waals surface area contributed by atoms with Crippen molar-refractivity contribution < 1.29 is 19.8 Å². The summed E-state index contributed by atoms with van der Waals surface area (Å²) < 4.78 is 1.52. The smallest absolute Gasteiger partial charge is 0.326 e. The van der Waals surface area contributed by atoms with E-state index in [0.29, 0.717) is 5.82 Å². The quantitative estimate of drug-likeness (QED) is 0.657. The topological polar surface area (TPSA) is 108 Å². The molecule has 2 amide bonds. The summed E-state index contributed by atoms with van der Waals surface area (Å²) in [4.78, 5) is 23.9. The first-order valence-electron chi connectivity index (χ1n) is 5.45. The summed E-state index contributed by atoms with van der Waals surface area (Å²) in [6.45, 7) is 0.00956. The molecule has 0 spiro atoms. The predicted octanol–water partition coefficient (Wildman–Crippen LogP) is -0.528. The van der Waals surface area contributed by atoms with Crippen molar-refractivity contribution in [3.8, 4) is 0 Å². The Balaban J connectivity index is 2.06. The lowest BCUT2D eigenvalue weighted by molar-refractivity contribution is -0.141. The molecule has 18 heavy (non-hydrogen) atoms. The van der Waals surface area contributed by atoms with Gasteiger partial charge in [-0.1, -0.05) is 0 Å². The number of hydrogen-bond donors (Lipinski definition) is 3. The van der Waals surface area contributed by atoms with E-state index in [2.05, 4.69) is 10.4 Å². The molecule has 0 aromatic carbocycles. The Labute approximate surface area is 103 Å². The first-order valence-corrected chi connectivity index (χ1v) is 5.45. The zero-order chi connectivity index (χ0) is 13.3. The number of nitrogens with one attached hydrogen (secondary N) is 1. The second kappa shape index (κ2) is 4.65. The minimum atomic E-state index is -1.12. The lowest BCUT2D eigenvalue weighted by Gasteiger charge is -2.20. The summed E-state index contributed by atoms with van der Waals surface area (Å²) in [6, 6.07) is 0.0292. The number of urea groups is 1. The molecule has 1 unspecified atom stereocenters. The Hall–Kier alpha value is -2.09. The van der Waals surface area contributed by atoms with Crippen molar-refractivity contribution in [2.45, 2.75) is 18.6 Å². The Kier molecular flexibility index (Phi) is 3.19. The fraction of sp³-hybridized carbons (Fsp3) is 0.500. The number of aliphatic carboxylic acids is 1. The highest BCUT2D eigenvalue weighted by Crippen LogP contribution is 2.19. The number of aryl methyl sites for hydroxylation is 1. The maximum absolute atomic E-state index is 11.9. The van der Waals surface area contributed by atoms with E-state index in [4.69, 9.17) is 5.11 Å². The van der Waals surface area contributed by atoms with Gasteiger partial charge in [0.1, 0.15) is 6.04 Å². The van der Waals surface area contributed by atoms with Crippen LogP contribution in [0.5, 0.6) is 0 Å². The van der Waals surface area contributed by atoms with Gasteiger partial charge in [-0.3, -0.25) is 10.00 Å². The van der Waals surface area contributed by atoms with Gasteiger partial charge in [-0.15, -0.1) is 0 Å². The van der Waals surface area contributed by atoms with Crippen LogP contribution in [0.3, 0.4) is 0 Å². The molecule has 8 heteroatoms. The molecule has 0 aliphatic carbocycles. The number of anilines is 1. The molecule has 2 heterocycles. The van der Waals surface area contributed by atoms with Crippen molar-refractivity contribution in [2.24, 2.45) is 7.05 Å². The Bertz CT molecular complexity index is 472. The molecular formula is C10H14N4O4. The van der Waals surface area contributed by atoms with Crippen LogP contribution in [0.1, 0.15) is 6.42 Å². The lowest BCUT2D eigenvalue weighted by atomic mass is 10.2. The Morgan fingerprint density at radius 3 is 2.83 bits per heavy atom. The van der Waals surface area contributed by atoms with Gasteiger partial charge in [-0.25, -0.2) is 9.59 Å². The van der Waals surface area contributed by atoms with E-state index in [-0.39, 0.29) is 13.0 Å². The summed E-state index contributed by atoms with van der Waals surface area (Å²) in [7, 11) is 1.70. The highest BCUT2D eigenvalue weighted by Gasteiger charge is 2.39. The number of aliphatic hydroxyl groups excluding tert-OH is 1. The molecule has 2 atom stereocenters. The number of aromatic nitrogens is 2. The molecule has 1 aromatic rings. The summed E-state index contributed by atoms with van der Waals surface area (Å²) >= 11 is 0. The second-order valence-electron chi connectivity index (χ2n) is 4.20. The van der Waals surface area contributed by atoms with Gasteiger partial charge in [0.05, 0.1) is 6.10 Å². The first kappa shape index (κ1) is 12.4. The molecule has 1 aromatic heterocycles. The van der Waals surface area contributed by atoms with Crippen LogP contribution < -0.4 is 5.32 Å². The molecule has 0 saturated carbocycles. The molecule has 1 aliphatic rings. The van der Waals surface area contributed by atoms with E-state index >= 15 is 0 Å². The molecule has 0 radical (unpaired) electrons. The van der Waals surface area contributed by atoms with Gasteiger partial charge in [0.2, 0.25) is 0 Å². The van der Waals surface area contributed by atoms with E-state index in [1.807, 2.05) is 0 Å². The molecule has 2 rings (SSSR count). The summed E-state index contributed by atoms with van der Waals surface area (Å²) in [6.07, 6.45) is 0.897. The van der Waals surface area contributed by atoms with Crippen molar-refractivity contribution in [2.75, 3.05) is 11.9 Å². The van der Waals surface area contributed by atoms with Crippen LogP contribution in [-0.2, 0) is 11.8 Å². The van der Waals surface area contributed by atoms with Crippen LogP contribution >= 0.6 is 0 Å². The predicted molar refractivity (Wildman–Crippen MR) is 61.0 cm³/mol. The molecule has 8 nitrogen and oxygen atoms in total. The number of nitrogens with zero attached hydrogens (tertiary/aromatic N) is 3. The second-order valence-corrected chi connectivity index (χ2v) is 4.20. The molecule has 0 bridgehead atoms. The van der Waals surface area contributed by atoms with E-state index < -0.39 is 24.1 Å². The zero-order valence-corrected chi connectivity index (χ0v) is 9.78. The highest BCUT2D eigenvalue weighted by molar-refractivity contribution is 5.92. The number of carboxylic acids is 1. The van der Waals surface area contributed by atoms with E-state index in [9.17, 15) is 14.7 Å². The number of likely N-dealkylation sites (tertiary alicyclic amines) is 1. The largest absolute Gasteiger partial charge is 0.480 e. The fourth-order valence-electron chi connectivity index (χ4n) is 1.94. The lowest BCUT2D eigenvalue weighted by Crippen LogP contribution is -2.43. The molecular weight excluding hydrogens is 240 g/mol. The van der Waals surface area contributed by atoms with Crippen LogP contribution in [0.25, 0.3) is 0 Å². The monoisotopic (exact) mass is 254 g/mol. The number of carbonyl (C=O) groups is 2. The SMILES string of the molecule is Cn1ccc(NC(=O)N2CC(O)C[C@H]2C(=O)O)n1. The Morgan fingerprint density at radius 2 is 2.28 bits per heavy atom. The number of rotatable bonds is 2. The first-order chi connectivity index (χ1) is 8.47. The van der Waals surface area contributed by atoms with Crippen molar-refractivity contribution in [3.05, 3.63) is 12.3 Å². The van der Waals surface area contributed by atoms with Gasteiger partial charge in [-0.2, -0.15) is 5.10 Å². The molecule has 3 N–H and O–H groups in total. The summed E-state index contributed by atoms with van der Waals surface area (Å²) in [5.41, 5.74) is 0. The maximum Gasteiger partial charge on any atom is 0.326 e. The molecule has 1 saturated heterocycles. The van der Waals surface area contributed by atoms with Crippen LogP contribution in [0.15, 0.2) is 12.3 Å². The average molecular weight is 254 g/mol. The number of amides is 2. The minimum absolute atomic E-state index is 0.00956. The van der Waals surface area contributed by atoms with E-state index in [1.165, 1.54) is 4.68 Å². The van der Waals surface area contributed by atoms with Crippen LogP contribution in [-0.4, -0.2) is 55.6 Å². The number of β-amino-alcohol motifs (C(OH)–C–C–N with tert-alkyl or cyclic N) is 1. The normalized spacial score (nSPS) is 23.1. The van der Waals surface area contributed by atoms with Crippen LogP contribution in [0.2, 0.25) is 0 Å². The van der Waals surface area contributed by atoms with Gasteiger partial charge in [-0.05, 0) is 0 Å². The standard InChI is InChI=1S/C10H14N4O4/c1-13-3-2-8(12-13)11-10(18)14-5-6(15)4-7(14)9(16)17/h2-3,6-7,15H,4-5H2,1H3,(H,16,17)(H,11,12,18)/t6?,7-/m0/s1. The zero-order valence-electron chi connectivity index (χ0n) is 9.78. The third kappa shape index (κ3) is 2.43. The number of carboxylic acid groups (broad SMARTS) is 1. The van der Waals surface area contributed by atoms with Crippen LogP contribution in [0.4, 0.5) is 10.6 Å². The van der Waals surface area contributed by atoms with Crippen molar-refractivity contribution in [1.29, 1.82) is 0 Å². The van der Waals surface area contributed by atoms with E-state index in [1.54, 1.807) is 19.3 Å². The third-order valence-corrected chi connectivity index (χ3v) is 2.77. The van der Waals surface area contributed by atoms with Crippen molar-refractivity contribution >= 4 is 17.8 Å². The maximum atomic E-state index is 11.9. The average Bonchev–Trinajstić information content (AvgIpc) is 2.85. The summed E-state index contributed by atoms with van der Waals surface area (Å²) in [5, 5.41) is 24.9. The molecule has 98 valence electrons. The number of aliphatic hydroxyl groups is 1. The third-order valence-electron chi connectivity index (χ3n) is 2.77. The minimum Gasteiger partial charge on any atom is -0.480 e. The molecule has 1 aliphatic heterocycles. The van der Waals surface area contributed by atoms with Crippen LogP contribution in [0, 0.1) is 0 Å². The van der Waals surface area contributed by atoms with Gasteiger partial charge < -0.3 is 15.1 Å². The van der Waals surface area contributed by atoms with Crippen molar-refractivity contribution in [3.63, 3.8) is 0 Å². The van der Waals surface area contributed by atoms with Gasteiger partial charge in [0.25, 0.3) is 0 Å². The number of hydrogen-bond acceptors (Lipinski definition) is 4. The highest BCUT2D eigenvalue weighted by atomic mass is 16.4. The van der Waals surface area contributed by atoms with Gasteiger partial charge >= 0.3 is 12.0 Å². The molecule has 1 fully saturated rings. The van der Waals surface area contributed by atoms with Gasteiger partial charge in [0.15, 0.2) is 5.82 Å². The fourth-order valence-corrected chi connectivity index (χ4v) is 1.94. The van der Waals surface area contributed by atoms with Gasteiger partial charge in [0, 0.05) is 32.3 Å². The van der Waals surface area contributed by atoms with Crippen molar-refractivity contribution in [1.82, 2.24) is 14.7 Å². The van der Waals surface area contributed by atoms with E-state index in [0.717, 1.165) is 4.90 Å². The Morgan fingerprint density at radius 1 is 1.56 bits per heavy atom. The number of carbonyl (C=O) groups excluding carboxylic acids is 1. The summed E-state index contributed by atoms with van der Waals surface area (Å²) in [5.74, 6) is -0.782.